The standard InChI is InChI=1S/C20H30N6.HI/c1-17-9-12-25(15-19(17)26-14-10-22-16-26)20(21-2)23-11-13-24(3)18-7-5-4-6-8-18;/h4-8,10,14,16-17,19H,9,11-13,15H2,1-3H3,(H,21,23);1H. The number of nitrogens with one attached hydrogen (secondary N) is 1. The van der Waals surface area contributed by atoms with E-state index in [9.17, 15) is 0 Å². The molecule has 27 heavy (non-hydrogen) atoms. The topological polar surface area (TPSA) is 48.7 Å². The smallest absolute Gasteiger partial charge is 0.193 e. The molecule has 2 atom stereocenters. The summed E-state index contributed by atoms with van der Waals surface area (Å²) in [5.41, 5.74) is 1.23. The summed E-state index contributed by atoms with van der Waals surface area (Å²) in [7, 11) is 3.99. The number of imidazole rings is 1. The lowest BCUT2D eigenvalue weighted by molar-refractivity contribution is 0.189. The molecule has 1 aromatic heterocycles. The van der Waals surface area contributed by atoms with Crippen LogP contribution in [-0.4, -0.2) is 60.7 Å². The highest BCUT2D eigenvalue weighted by molar-refractivity contribution is 14.0. The molecule has 1 aromatic carbocycles. The Kier molecular flexibility index (Phi) is 8.40. The van der Waals surface area contributed by atoms with E-state index in [1.54, 1.807) is 0 Å². The van der Waals surface area contributed by atoms with Crippen molar-refractivity contribution in [2.24, 2.45) is 10.9 Å². The van der Waals surface area contributed by atoms with Gasteiger partial charge in [0.05, 0.1) is 12.4 Å². The van der Waals surface area contributed by atoms with Crippen LogP contribution >= 0.6 is 24.0 Å². The van der Waals surface area contributed by atoms with Crippen molar-refractivity contribution in [2.75, 3.05) is 45.2 Å². The van der Waals surface area contributed by atoms with Gasteiger partial charge in [0.25, 0.3) is 0 Å². The number of benzene rings is 1. The normalized spacial score (nSPS) is 20.1. The number of likely N-dealkylation sites (N-methyl/N-ethyl adjacent to an activating group) is 1. The van der Waals surface area contributed by atoms with Crippen LogP contribution in [0.2, 0.25) is 0 Å². The molecule has 2 heterocycles. The van der Waals surface area contributed by atoms with E-state index in [0.29, 0.717) is 12.0 Å². The number of nitrogens with zero attached hydrogens (tertiary/aromatic N) is 5. The number of likely N-dealkylation sites (tertiary alicyclic amines) is 1. The number of aromatic nitrogens is 2. The number of para-hydroxylation sites is 1. The number of piperidine rings is 1. The van der Waals surface area contributed by atoms with Crippen LogP contribution in [0.5, 0.6) is 0 Å². The van der Waals surface area contributed by atoms with Gasteiger partial charge in [-0.05, 0) is 24.5 Å². The number of rotatable bonds is 5. The Hall–Kier alpha value is -1.77. The Balaban J connectivity index is 0.00000261. The first-order valence-corrected chi connectivity index (χ1v) is 9.38. The summed E-state index contributed by atoms with van der Waals surface area (Å²) in [4.78, 5) is 13.3. The molecule has 1 saturated heterocycles. The van der Waals surface area contributed by atoms with E-state index in [1.165, 1.54) is 5.69 Å². The summed E-state index contributed by atoms with van der Waals surface area (Å²) in [6.45, 7) is 6.12. The fraction of sp³-hybridized carbons (Fsp3) is 0.500. The first-order chi connectivity index (χ1) is 12.7. The molecule has 2 aromatic rings. The van der Waals surface area contributed by atoms with Crippen molar-refractivity contribution in [3.8, 4) is 0 Å². The van der Waals surface area contributed by atoms with Gasteiger partial charge in [0.2, 0.25) is 0 Å². The minimum absolute atomic E-state index is 0. The van der Waals surface area contributed by atoms with Gasteiger partial charge in [-0.2, -0.15) is 0 Å². The minimum atomic E-state index is 0. The van der Waals surface area contributed by atoms with Crippen molar-refractivity contribution >= 4 is 35.6 Å². The van der Waals surface area contributed by atoms with Gasteiger partial charge in [-0.1, -0.05) is 25.1 Å². The number of hydrogen-bond acceptors (Lipinski definition) is 3. The molecule has 0 saturated carbocycles. The van der Waals surface area contributed by atoms with Crippen LogP contribution in [0.25, 0.3) is 0 Å². The largest absolute Gasteiger partial charge is 0.373 e. The molecule has 0 radical (unpaired) electrons. The summed E-state index contributed by atoms with van der Waals surface area (Å²) in [5, 5.41) is 3.53. The predicted octanol–water partition coefficient (Wildman–Crippen LogP) is 3.10. The van der Waals surface area contributed by atoms with E-state index in [0.717, 1.165) is 38.6 Å². The summed E-state index contributed by atoms with van der Waals surface area (Å²) in [6.07, 6.45) is 7.01. The Bertz CT molecular complexity index is 688. The van der Waals surface area contributed by atoms with Gasteiger partial charge in [-0.25, -0.2) is 4.98 Å². The van der Waals surface area contributed by atoms with Crippen LogP contribution in [0.4, 0.5) is 5.69 Å². The number of guanidine groups is 1. The molecule has 0 aliphatic carbocycles. The van der Waals surface area contributed by atoms with Crippen LogP contribution in [0, 0.1) is 5.92 Å². The monoisotopic (exact) mass is 482 g/mol. The van der Waals surface area contributed by atoms with E-state index in [1.807, 2.05) is 25.6 Å². The number of anilines is 1. The summed E-state index contributed by atoms with van der Waals surface area (Å²) < 4.78 is 2.23. The molecule has 3 rings (SSSR count). The van der Waals surface area contributed by atoms with E-state index in [-0.39, 0.29) is 24.0 Å². The van der Waals surface area contributed by atoms with E-state index in [4.69, 9.17) is 0 Å². The second-order valence-electron chi connectivity index (χ2n) is 7.02. The second-order valence-corrected chi connectivity index (χ2v) is 7.02. The van der Waals surface area contributed by atoms with Gasteiger partial charge in [0.1, 0.15) is 0 Å². The highest BCUT2D eigenvalue weighted by atomic mass is 127. The fourth-order valence-corrected chi connectivity index (χ4v) is 3.57. The molecule has 0 amide bonds. The summed E-state index contributed by atoms with van der Waals surface area (Å²) >= 11 is 0. The third-order valence-electron chi connectivity index (χ3n) is 5.27. The zero-order valence-corrected chi connectivity index (χ0v) is 18.8. The van der Waals surface area contributed by atoms with Gasteiger partial charge in [-0.3, -0.25) is 4.99 Å². The average molecular weight is 482 g/mol. The van der Waals surface area contributed by atoms with Gasteiger partial charge in [0, 0.05) is 58.4 Å². The molecule has 6 nitrogen and oxygen atoms in total. The van der Waals surface area contributed by atoms with Gasteiger partial charge >= 0.3 is 0 Å². The molecule has 2 unspecified atom stereocenters. The molecule has 0 spiro atoms. The van der Waals surface area contributed by atoms with Crippen LogP contribution in [0.1, 0.15) is 19.4 Å². The van der Waals surface area contributed by atoms with Crippen molar-refractivity contribution in [3.05, 3.63) is 49.1 Å². The second kappa shape index (κ2) is 10.5. The van der Waals surface area contributed by atoms with E-state index < -0.39 is 0 Å². The maximum Gasteiger partial charge on any atom is 0.193 e. The molecule has 1 aliphatic heterocycles. The number of aliphatic imine (C=N–C) groups is 1. The molecule has 7 heteroatoms. The van der Waals surface area contributed by atoms with Crippen LogP contribution in [0.15, 0.2) is 54.0 Å². The Labute approximate surface area is 179 Å². The van der Waals surface area contributed by atoms with Crippen LogP contribution in [0.3, 0.4) is 0 Å². The summed E-state index contributed by atoms with van der Waals surface area (Å²) in [5.74, 6) is 1.63. The fourth-order valence-electron chi connectivity index (χ4n) is 3.57. The third-order valence-corrected chi connectivity index (χ3v) is 5.27. The maximum atomic E-state index is 4.51. The molecular formula is C20H31IN6. The van der Waals surface area contributed by atoms with Crippen molar-refractivity contribution in [1.82, 2.24) is 19.8 Å². The lowest BCUT2D eigenvalue weighted by Gasteiger charge is -2.39. The Morgan fingerprint density at radius 1 is 1.33 bits per heavy atom. The van der Waals surface area contributed by atoms with Crippen molar-refractivity contribution in [1.29, 1.82) is 0 Å². The van der Waals surface area contributed by atoms with E-state index in [2.05, 4.69) is 74.1 Å². The predicted molar refractivity (Wildman–Crippen MR) is 123 cm³/mol. The SMILES string of the molecule is CN=C(NCCN(C)c1ccccc1)N1CCC(C)C(n2ccnc2)C1.I. The Morgan fingerprint density at radius 2 is 2.11 bits per heavy atom. The maximum absolute atomic E-state index is 4.51. The van der Waals surface area contributed by atoms with Gasteiger partial charge in [0.15, 0.2) is 5.96 Å². The molecule has 1 aliphatic rings. The molecular weight excluding hydrogens is 451 g/mol. The first kappa shape index (κ1) is 21.5. The van der Waals surface area contributed by atoms with Gasteiger partial charge < -0.3 is 19.7 Å². The highest BCUT2D eigenvalue weighted by Gasteiger charge is 2.28. The highest BCUT2D eigenvalue weighted by Crippen LogP contribution is 2.27. The average Bonchev–Trinajstić information content (AvgIpc) is 3.21. The summed E-state index contributed by atoms with van der Waals surface area (Å²) in [6, 6.07) is 10.9. The minimum Gasteiger partial charge on any atom is -0.373 e. The first-order valence-electron chi connectivity index (χ1n) is 9.38. The molecule has 1 fully saturated rings. The molecule has 1 N–H and O–H groups in total. The molecule has 148 valence electrons. The van der Waals surface area contributed by atoms with Crippen molar-refractivity contribution in [3.63, 3.8) is 0 Å². The molecule has 0 bridgehead atoms. The van der Waals surface area contributed by atoms with Crippen molar-refractivity contribution in [2.45, 2.75) is 19.4 Å². The number of hydrogen-bond donors (Lipinski definition) is 1. The lowest BCUT2D eigenvalue weighted by atomic mass is 9.93. The Morgan fingerprint density at radius 3 is 2.78 bits per heavy atom. The zero-order chi connectivity index (χ0) is 18.4. The number of halogens is 1. The van der Waals surface area contributed by atoms with Crippen molar-refractivity contribution < 1.29 is 0 Å². The van der Waals surface area contributed by atoms with E-state index >= 15 is 0 Å². The third kappa shape index (κ3) is 5.60. The van der Waals surface area contributed by atoms with Gasteiger partial charge in [-0.15, -0.1) is 24.0 Å². The quantitative estimate of drug-likeness (QED) is 0.405. The van der Waals surface area contributed by atoms with Crippen LogP contribution < -0.4 is 10.2 Å². The zero-order valence-electron chi connectivity index (χ0n) is 16.5. The van der Waals surface area contributed by atoms with Crippen LogP contribution in [-0.2, 0) is 0 Å². The lowest BCUT2D eigenvalue weighted by Crippen LogP contribution is -2.50.